The predicted octanol–water partition coefficient (Wildman–Crippen LogP) is 3.52. The zero-order valence-electron chi connectivity index (χ0n) is 15.1. The Kier molecular flexibility index (Phi) is 5.96. The minimum Gasteiger partial charge on any atom is -0.375 e. The molecule has 150 valence electrons. The van der Waals surface area contributed by atoms with Crippen molar-refractivity contribution in [3.05, 3.63) is 77.1 Å². The lowest BCUT2D eigenvalue weighted by molar-refractivity contribution is -0.117. The number of para-hydroxylation sites is 2. The number of carbonyl (C=O) groups excluding carboxylic acids is 1. The Balaban J connectivity index is 1.74. The summed E-state index contributed by atoms with van der Waals surface area (Å²) in [4.78, 5) is 24.4. The molecule has 1 aromatic heterocycles. The number of aromatic nitrogens is 2. The van der Waals surface area contributed by atoms with E-state index in [1.807, 2.05) is 30.3 Å². The maximum Gasteiger partial charge on any atom is 0.405 e. The van der Waals surface area contributed by atoms with Crippen molar-refractivity contribution in [1.29, 1.82) is 0 Å². The van der Waals surface area contributed by atoms with E-state index in [4.69, 9.17) is 0 Å². The summed E-state index contributed by atoms with van der Waals surface area (Å²) in [6, 6.07) is 18.0. The number of hydrogen-bond donors (Lipinski definition) is 2. The van der Waals surface area contributed by atoms with Crippen LogP contribution in [0.15, 0.2) is 71.5 Å². The minimum absolute atomic E-state index is 0.122. The maximum atomic E-state index is 12.4. The summed E-state index contributed by atoms with van der Waals surface area (Å²) in [6.45, 7) is -1.62. The molecule has 2 N–H and O–H groups in total. The quantitative estimate of drug-likeness (QED) is 0.662. The molecule has 0 aliphatic rings. The SMILES string of the molecule is O=C(Cn1nc(-c2ccccc2)ccc1=O)Nc1ccccc1NCC(F)(F)F. The second-order valence-electron chi connectivity index (χ2n) is 6.14. The highest BCUT2D eigenvalue weighted by Gasteiger charge is 2.27. The third-order valence-electron chi connectivity index (χ3n) is 3.91. The fourth-order valence-corrected chi connectivity index (χ4v) is 2.59. The lowest BCUT2D eigenvalue weighted by Gasteiger charge is -2.14. The van der Waals surface area contributed by atoms with Crippen molar-refractivity contribution < 1.29 is 18.0 Å². The molecule has 0 bridgehead atoms. The summed E-state index contributed by atoms with van der Waals surface area (Å²) in [7, 11) is 0. The summed E-state index contributed by atoms with van der Waals surface area (Å²) in [5.41, 5.74) is 1.13. The van der Waals surface area contributed by atoms with E-state index in [0.717, 1.165) is 10.2 Å². The minimum atomic E-state index is -4.40. The van der Waals surface area contributed by atoms with Crippen LogP contribution in [0.3, 0.4) is 0 Å². The van der Waals surface area contributed by atoms with Crippen molar-refractivity contribution in [2.24, 2.45) is 0 Å². The number of nitrogens with one attached hydrogen (secondary N) is 2. The molecule has 1 amide bonds. The maximum absolute atomic E-state index is 12.4. The Morgan fingerprint density at radius 3 is 2.28 bits per heavy atom. The van der Waals surface area contributed by atoms with Gasteiger partial charge in [0.05, 0.1) is 17.1 Å². The molecule has 0 aliphatic heterocycles. The highest BCUT2D eigenvalue weighted by molar-refractivity contribution is 5.94. The van der Waals surface area contributed by atoms with Crippen LogP contribution in [0, 0.1) is 0 Å². The third-order valence-corrected chi connectivity index (χ3v) is 3.91. The van der Waals surface area contributed by atoms with Gasteiger partial charge in [-0.25, -0.2) is 4.68 Å². The Labute approximate surface area is 164 Å². The molecule has 0 saturated carbocycles. The molecule has 2 aromatic carbocycles. The molecule has 0 radical (unpaired) electrons. The van der Waals surface area contributed by atoms with Crippen LogP contribution in [0.1, 0.15) is 0 Å². The van der Waals surface area contributed by atoms with Gasteiger partial charge in [0.25, 0.3) is 5.56 Å². The molecule has 0 spiro atoms. The number of hydrogen-bond acceptors (Lipinski definition) is 4. The molecular weight excluding hydrogens is 385 g/mol. The number of nitrogens with zero attached hydrogens (tertiary/aromatic N) is 2. The molecule has 3 aromatic rings. The van der Waals surface area contributed by atoms with E-state index in [9.17, 15) is 22.8 Å². The van der Waals surface area contributed by atoms with Gasteiger partial charge in [-0.05, 0) is 18.2 Å². The number of rotatable bonds is 6. The molecule has 1 heterocycles. The zero-order valence-corrected chi connectivity index (χ0v) is 15.1. The number of amides is 1. The Morgan fingerprint density at radius 2 is 1.59 bits per heavy atom. The van der Waals surface area contributed by atoms with E-state index in [1.54, 1.807) is 18.2 Å². The fraction of sp³-hybridized carbons (Fsp3) is 0.150. The zero-order chi connectivity index (χ0) is 20.9. The molecule has 6 nitrogen and oxygen atoms in total. The van der Waals surface area contributed by atoms with Crippen molar-refractivity contribution in [2.75, 3.05) is 17.2 Å². The first kappa shape index (κ1) is 20.1. The highest BCUT2D eigenvalue weighted by Crippen LogP contribution is 2.23. The Morgan fingerprint density at radius 1 is 0.931 bits per heavy atom. The van der Waals surface area contributed by atoms with Gasteiger partial charge in [0, 0.05) is 11.6 Å². The van der Waals surface area contributed by atoms with Crippen molar-refractivity contribution in [2.45, 2.75) is 12.7 Å². The number of carbonyl (C=O) groups is 1. The van der Waals surface area contributed by atoms with Crippen molar-refractivity contribution in [3.8, 4) is 11.3 Å². The van der Waals surface area contributed by atoms with Crippen LogP contribution < -0.4 is 16.2 Å². The Hall–Kier alpha value is -3.62. The lowest BCUT2D eigenvalue weighted by atomic mass is 10.1. The van der Waals surface area contributed by atoms with Gasteiger partial charge in [-0.15, -0.1) is 0 Å². The van der Waals surface area contributed by atoms with Crippen LogP contribution in [-0.2, 0) is 11.3 Å². The first-order chi connectivity index (χ1) is 13.8. The summed E-state index contributed by atoms with van der Waals surface area (Å²) in [5.74, 6) is -0.592. The number of halogens is 3. The van der Waals surface area contributed by atoms with Gasteiger partial charge in [0.15, 0.2) is 0 Å². The average Bonchev–Trinajstić information content (AvgIpc) is 2.69. The molecule has 9 heteroatoms. The second kappa shape index (κ2) is 8.59. The molecule has 29 heavy (non-hydrogen) atoms. The van der Waals surface area contributed by atoms with E-state index in [-0.39, 0.29) is 17.9 Å². The summed E-state index contributed by atoms with van der Waals surface area (Å²) in [6.07, 6.45) is -4.40. The van der Waals surface area contributed by atoms with Gasteiger partial charge in [-0.3, -0.25) is 9.59 Å². The molecule has 0 fully saturated rings. The van der Waals surface area contributed by atoms with E-state index in [2.05, 4.69) is 15.7 Å². The van der Waals surface area contributed by atoms with Crippen LogP contribution in [0.2, 0.25) is 0 Å². The van der Waals surface area contributed by atoms with Crippen LogP contribution in [0.25, 0.3) is 11.3 Å². The Bertz CT molecular complexity index is 1050. The molecular formula is C20H17F3N4O2. The van der Waals surface area contributed by atoms with Gasteiger partial charge < -0.3 is 10.6 Å². The van der Waals surface area contributed by atoms with Gasteiger partial charge >= 0.3 is 6.18 Å². The van der Waals surface area contributed by atoms with Crippen molar-refractivity contribution >= 4 is 17.3 Å². The van der Waals surface area contributed by atoms with Crippen LogP contribution in [0.5, 0.6) is 0 Å². The number of anilines is 2. The van der Waals surface area contributed by atoms with E-state index in [0.29, 0.717) is 5.69 Å². The number of benzene rings is 2. The van der Waals surface area contributed by atoms with Crippen molar-refractivity contribution in [1.82, 2.24) is 9.78 Å². The van der Waals surface area contributed by atoms with Gasteiger partial charge in [0.1, 0.15) is 13.1 Å². The smallest absolute Gasteiger partial charge is 0.375 e. The topological polar surface area (TPSA) is 76.0 Å². The average molecular weight is 402 g/mol. The van der Waals surface area contributed by atoms with Gasteiger partial charge in [-0.2, -0.15) is 18.3 Å². The largest absolute Gasteiger partial charge is 0.405 e. The van der Waals surface area contributed by atoms with E-state index >= 15 is 0 Å². The van der Waals surface area contributed by atoms with Gasteiger partial charge in [-0.1, -0.05) is 42.5 Å². The van der Waals surface area contributed by atoms with Crippen LogP contribution >= 0.6 is 0 Å². The highest BCUT2D eigenvalue weighted by atomic mass is 19.4. The first-order valence-electron chi connectivity index (χ1n) is 8.65. The fourth-order valence-electron chi connectivity index (χ4n) is 2.59. The number of alkyl halides is 3. The van der Waals surface area contributed by atoms with E-state index in [1.165, 1.54) is 18.2 Å². The summed E-state index contributed by atoms with van der Waals surface area (Å²) in [5, 5.41) is 8.95. The van der Waals surface area contributed by atoms with Crippen molar-refractivity contribution in [3.63, 3.8) is 0 Å². The summed E-state index contributed by atoms with van der Waals surface area (Å²) < 4.78 is 38.4. The third kappa shape index (κ3) is 5.68. The molecule has 0 saturated heterocycles. The first-order valence-corrected chi connectivity index (χ1v) is 8.65. The molecule has 0 atom stereocenters. The monoisotopic (exact) mass is 402 g/mol. The summed E-state index contributed by atoms with van der Waals surface area (Å²) >= 11 is 0. The van der Waals surface area contributed by atoms with Crippen LogP contribution in [0.4, 0.5) is 24.5 Å². The second-order valence-corrected chi connectivity index (χ2v) is 6.14. The molecule has 0 aliphatic carbocycles. The molecule has 0 unspecified atom stereocenters. The standard InChI is InChI=1S/C20H17F3N4O2/c21-20(22,23)13-24-16-8-4-5-9-17(16)25-18(28)12-27-19(29)11-10-15(26-27)14-6-2-1-3-7-14/h1-11,24H,12-13H2,(H,25,28). The predicted molar refractivity (Wildman–Crippen MR) is 104 cm³/mol. The lowest BCUT2D eigenvalue weighted by Crippen LogP contribution is -2.29. The van der Waals surface area contributed by atoms with Crippen LogP contribution in [-0.4, -0.2) is 28.4 Å². The van der Waals surface area contributed by atoms with Gasteiger partial charge in [0.2, 0.25) is 5.91 Å². The normalized spacial score (nSPS) is 11.1. The molecule has 3 rings (SSSR count). The van der Waals surface area contributed by atoms with E-state index < -0.39 is 24.2 Å².